The van der Waals surface area contributed by atoms with Gasteiger partial charge < -0.3 is 9.80 Å². The molecule has 3 aliphatic rings. The summed E-state index contributed by atoms with van der Waals surface area (Å²) in [7, 11) is 0. The Balaban J connectivity index is 1.57. The highest BCUT2D eigenvalue weighted by Gasteiger charge is 2.39. The first kappa shape index (κ1) is 14.2. The third-order valence-electron chi connectivity index (χ3n) is 4.98. The lowest BCUT2D eigenvalue weighted by molar-refractivity contribution is -0.136. The van der Waals surface area contributed by atoms with Gasteiger partial charge in [0.05, 0.1) is 0 Å². The topological polar surface area (TPSA) is 69.7 Å². The predicted octanol–water partition coefficient (Wildman–Crippen LogP) is 1.05. The number of anilines is 1. The van der Waals surface area contributed by atoms with Gasteiger partial charge >= 0.3 is 0 Å². The van der Waals surface area contributed by atoms with Crippen LogP contribution in [0.15, 0.2) is 18.2 Å². The summed E-state index contributed by atoms with van der Waals surface area (Å²) in [5.41, 5.74) is 2.81. The Morgan fingerprint density at radius 1 is 1.09 bits per heavy atom. The standard InChI is InChI=1S/C17H19N3O3/c21-15-6-5-14(16(22)18-15)20-10-11-9-12(19-7-1-2-8-19)3-4-13(11)17(20)23/h3-4,9,14H,1-2,5-8,10H2,(H,18,21,22). The van der Waals surface area contributed by atoms with E-state index in [9.17, 15) is 14.4 Å². The molecule has 1 N–H and O–H groups in total. The van der Waals surface area contributed by atoms with E-state index in [-0.39, 0.29) is 24.1 Å². The van der Waals surface area contributed by atoms with Crippen molar-refractivity contribution in [3.8, 4) is 0 Å². The Hall–Kier alpha value is -2.37. The van der Waals surface area contributed by atoms with Gasteiger partial charge in [0.25, 0.3) is 5.91 Å². The van der Waals surface area contributed by atoms with Crippen LogP contribution in [0.2, 0.25) is 0 Å². The van der Waals surface area contributed by atoms with Crippen molar-refractivity contribution in [3.63, 3.8) is 0 Å². The number of hydrogen-bond donors (Lipinski definition) is 1. The summed E-state index contributed by atoms with van der Waals surface area (Å²) >= 11 is 0. The van der Waals surface area contributed by atoms with Crippen LogP contribution in [0, 0.1) is 0 Å². The van der Waals surface area contributed by atoms with Crippen LogP contribution in [0.1, 0.15) is 41.6 Å². The van der Waals surface area contributed by atoms with Crippen molar-refractivity contribution in [1.82, 2.24) is 10.2 Å². The molecule has 1 unspecified atom stereocenters. The number of nitrogens with one attached hydrogen (secondary N) is 1. The molecular weight excluding hydrogens is 294 g/mol. The maximum atomic E-state index is 12.6. The first-order valence-corrected chi connectivity index (χ1v) is 8.16. The van der Waals surface area contributed by atoms with Gasteiger partial charge in [-0.3, -0.25) is 19.7 Å². The zero-order chi connectivity index (χ0) is 16.0. The number of hydrogen-bond acceptors (Lipinski definition) is 4. The number of fused-ring (bicyclic) bond motifs is 1. The minimum atomic E-state index is -0.539. The number of carbonyl (C=O) groups is 3. The normalized spacial score (nSPS) is 24.2. The molecule has 120 valence electrons. The molecule has 0 spiro atoms. The van der Waals surface area contributed by atoms with Crippen LogP contribution >= 0.6 is 0 Å². The number of piperidine rings is 1. The molecular formula is C17H19N3O3. The van der Waals surface area contributed by atoms with Crippen molar-refractivity contribution in [2.24, 2.45) is 0 Å². The number of rotatable bonds is 2. The SMILES string of the molecule is O=C1CCC(N2Cc3cc(N4CCCC4)ccc3C2=O)C(=O)N1. The van der Waals surface area contributed by atoms with Gasteiger partial charge in [-0.25, -0.2) is 0 Å². The van der Waals surface area contributed by atoms with Crippen LogP contribution in [-0.4, -0.2) is 41.8 Å². The lowest BCUT2D eigenvalue weighted by atomic mass is 10.0. The van der Waals surface area contributed by atoms with Gasteiger partial charge in [0.15, 0.2) is 0 Å². The maximum Gasteiger partial charge on any atom is 0.255 e. The summed E-state index contributed by atoms with van der Waals surface area (Å²) in [6, 6.07) is 5.40. The van der Waals surface area contributed by atoms with Crippen LogP contribution in [0.4, 0.5) is 5.69 Å². The molecule has 2 fully saturated rings. The second-order valence-corrected chi connectivity index (χ2v) is 6.44. The lowest BCUT2D eigenvalue weighted by Gasteiger charge is -2.29. The summed E-state index contributed by atoms with van der Waals surface area (Å²) in [5.74, 6) is -0.726. The summed E-state index contributed by atoms with van der Waals surface area (Å²) in [6.07, 6.45) is 3.11. The quantitative estimate of drug-likeness (QED) is 0.829. The molecule has 0 radical (unpaired) electrons. The molecule has 3 heterocycles. The Kier molecular flexibility index (Phi) is 3.32. The molecule has 4 rings (SSSR count). The first-order chi connectivity index (χ1) is 11.1. The molecule has 1 aromatic carbocycles. The Labute approximate surface area is 134 Å². The van der Waals surface area contributed by atoms with Gasteiger partial charge in [0.2, 0.25) is 11.8 Å². The van der Waals surface area contributed by atoms with Crippen molar-refractivity contribution < 1.29 is 14.4 Å². The fraction of sp³-hybridized carbons (Fsp3) is 0.471. The van der Waals surface area contributed by atoms with Gasteiger partial charge in [-0.1, -0.05) is 0 Å². The third-order valence-corrected chi connectivity index (χ3v) is 4.98. The summed E-state index contributed by atoms with van der Waals surface area (Å²) in [4.78, 5) is 39.8. The highest BCUT2D eigenvalue weighted by molar-refractivity contribution is 6.05. The fourth-order valence-corrected chi connectivity index (χ4v) is 3.73. The molecule has 0 saturated carbocycles. The van der Waals surface area contributed by atoms with Gasteiger partial charge in [-0.15, -0.1) is 0 Å². The molecule has 0 aromatic heterocycles. The fourth-order valence-electron chi connectivity index (χ4n) is 3.73. The second-order valence-electron chi connectivity index (χ2n) is 6.44. The summed E-state index contributed by atoms with van der Waals surface area (Å²) in [6.45, 7) is 2.56. The van der Waals surface area contributed by atoms with Gasteiger partial charge in [0.1, 0.15) is 6.04 Å². The van der Waals surface area contributed by atoms with Gasteiger partial charge in [-0.05, 0) is 43.0 Å². The minimum Gasteiger partial charge on any atom is -0.372 e. The molecule has 6 heteroatoms. The second kappa shape index (κ2) is 5.37. The van der Waals surface area contributed by atoms with E-state index >= 15 is 0 Å². The lowest BCUT2D eigenvalue weighted by Crippen LogP contribution is -2.52. The maximum absolute atomic E-state index is 12.6. The monoisotopic (exact) mass is 313 g/mol. The largest absolute Gasteiger partial charge is 0.372 e. The number of nitrogens with zero attached hydrogens (tertiary/aromatic N) is 2. The van der Waals surface area contributed by atoms with Crippen LogP contribution in [0.3, 0.4) is 0 Å². The number of imide groups is 1. The Morgan fingerprint density at radius 2 is 1.87 bits per heavy atom. The Morgan fingerprint density at radius 3 is 2.61 bits per heavy atom. The van der Waals surface area contributed by atoms with Crippen molar-refractivity contribution in [3.05, 3.63) is 29.3 Å². The van der Waals surface area contributed by atoms with Gasteiger partial charge in [0, 0.05) is 37.3 Å². The molecule has 0 aliphatic carbocycles. The van der Waals surface area contributed by atoms with Crippen molar-refractivity contribution in [1.29, 1.82) is 0 Å². The van der Waals surface area contributed by atoms with E-state index in [2.05, 4.69) is 16.3 Å². The highest BCUT2D eigenvalue weighted by atomic mass is 16.2. The van der Waals surface area contributed by atoms with E-state index in [1.165, 1.54) is 12.8 Å². The zero-order valence-electron chi connectivity index (χ0n) is 12.9. The summed E-state index contributed by atoms with van der Waals surface area (Å²) < 4.78 is 0. The van der Waals surface area contributed by atoms with E-state index in [0.717, 1.165) is 24.3 Å². The van der Waals surface area contributed by atoms with Crippen LogP contribution in [-0.2, 0) is 16.1 Å². The number of carbonyl (C=O) groups excluding carboxylic acids is 3. The first-order valence-electron chi connectivity index (χ1n) is 8.16. The highest BCUT2D eigenvalue weighted by Crippen LogP contribution is 2.31. The average Bonchev–Trinajstić information content (AvgIpc) is 3.16. The number of benzene rings is 1. The molecule has 1 atom stereocenters. The van der Waals surface area contributed by atoms with E-state index in [4.69, 9.17) is 0 Å². The molecule has 3 amide bonds. The molecule has 23 heavy (non-hydrogen) atoms. The molecule has 6 nitrogen and oxygen atoms in total. The van der Waals surface area contributed by atoms with Crippen LogP contribution in [0.25, 0.3) is 0 Å². The minimum absolute atomic E-state index is 0.109. The third kappa shape index (κ3) is 2.38. The van der Waals surface area contributed by atoms with E-state index in [1.54, 1.807) is 4.90 Å². The van der Waals surface area contributed by atoms with E-state index in [0.29, 0.717) is 18.5 Å². The van der Waals surface area contributed by atoms with Crippen LogP contribution < -0.4 is 10.2 Å². The predicted molar refractivity (Wildman–Crippen MR) is 83.9 cm³/mol. The van der Waals surface area contributed by atoms with Crippen molar-refractivity contribution in [2.45, 2.75) is 38.3 Å². The van der Waals surface area contributed by atoms with Crippen LogP contribution in [0.5, 0.6) is 0 Å². The summed E-state index contributed by atoms with van der Waals surface area (Å²) in [5, 5.41) is 2.33. The Bertz CT molecular complexity index is 694. The van der Waals surface area contributed by atoms with Crippen molar-refractivity contribution in [2.75, 3.05) is 18.0 Å². The zero-order valence-corrected chi connectivity index (χ0v) is 12.9. The van der Waals surface area contributed by atoms with Gasteiger partial charge in [-0.2, -0.15) is 0 Å². The molecule has 0 bridgehead atoms. The average molecular weight is 313 g/mol. The number of amides is 3. The molecule has 3 aliphatic heterocycles. The smallest absolute Gasteiger partial charge is 0.255 e. The molecule has 1 aromatic rings. The van der Waals surface area contributed by atoms with E-state index < -0.39 is 6.04 Å². The molecule has 2 saturated heterocycles. The van der Waals surface area contributed by atoms with E-state index in [1.807, 2.05) is 12.1 Å². The van der Waals surface area contributed by atoms with Crippen molar-refractivity contribution >= 4 is 23.4 Å².